The molecule has 0 saturated carbocycles. The molecular formula is C19H17NO5. The molecule has 0 radical (unpaired) electrons. The number of fused-ring (bicyclic) bond motifs is 1. The summed E-state index contributed by atoms with van der Waals surface area (Å²) >= 11 is 0. The van der Waals surface area contributed by atoms with E-state index >= 15 is 0 Å². The summed E-state index contributed by atoms with van der Waals surface area (Å²) in [5.74, 6) is 1.80. The van der Waals surface area contributed by atoms with Crippen molar-refractivity contribution in [2.45, 2.75) is 0 Å². The first kappa shape index (κ1) is 16.6. The zero-order chi connectivity index (χ0) is 17.8. The Morgan fingerprint density at radius 1 is 0.960 bits per heavy atom. The lowest BCUT2D eigenvalue weighted by molar-refractivity contribution is 0.324. The third-order valence-electron chi connectivity index (χ3n) is 3.66. The van der Waals surface area contributed by atoms with Crippen LogP contribution in [0.25, 0.3) is 23.1 Å². The molecule has 128 valence electrons. The van der Waals surface area contributed by atoms with Crippen molar-refractivity contribution in [3.63, 3.8) is 0 Å². The third-order valence-corrected chi connectivity index (χ3v) is 3.66. The van der Waals surface area contributed by atoms with Crippen LogP contribution in [0.2, 0.25) is 0 Å². The number of hydrogen-bond donors (Lipinski definition) is 0. The van der Waals surface area contributed by atoms with E-state index < -0.39 is 5.63 Å². The van der Waals surface area contributed by atoms with Crippen LogP contribution in [0.3, 0.4) is 0 Å². The number of rotatable bonds is 5. The van der Waals surface area contributed by atoms with Gasteiger partial charge in [-0.1, -0.05) is 12.1 Å². The molecule has 0 aliphatic heterocycles. The van der Waals surface area contributed by atoms with Crippen LogP contribution in [0.5, 0.6) is 17.2 Å². The average Bonchev–Trinajstić information content (AvgIpc) is 2.65. The van der Waals surface area contributed by atoms with E-state index in [1.807, 2.05) is 6.07 Å². The average molecular weight is 339 g/mol. The van der Waals surface area contributed by atoms with Crippen molar-refractivity contribution >= 4 is 23.1 Å². The first-order valence-electron chi connectivity index (χ1n) is 7.54. The molecule has 1 aromatic heterocycles. The molecule has 0 aliphatic rings. The SMILES string of the molecule is COc1cc(/C=C/c2nc3ccccc3c(=O)o2)cc(OC)c1OC. The summed E-state index contributed by atoms with van der Waals surface area (Å²) in [5, 5.41) is 0.451. The fraction of sp³-hybridized carbons (Fsp3) is 0.158. The van der Waals surface area contributed by atoms with E-state index in [0.29, 0.717) is 28.2 Å². The molecule has 1 heterocycles. The number of nitrogens with zero attached hydrogens (tertiary/aromatic N) is 1. The largest absolute Gasteiger partial charge is 0.493 e. The van der Waals surface area contributed by atoms with Crippen LogP contribution >= 0.6 is 0 Å². The predicted octanol–water partition coefficient (Wildman–Crippen LogP) is 3.38. The van der Waals surface area contributed by atoms with Crippen LogP contribution in [-0.2, 0) is 0 Å². The summed E-state index contributed by atoms with van der Waals surface area (Å²) < 4.78 is 21.2. The monoisotopic (exact) mass is 339 g/mol. The molecule has 25 heavy (non-hydrogen) atoms. The molecule has 0 N–H and O–H groups in total. The van der Waals surface area contributed by atoms with E-state index in [9.17, 15) is 4.79 Å². The zero-order valence-electron chi connectivity index (χ0n) is 14.1. The zero-order valence-corrected chi connectivity index (χ0v) is 14.1. The summed E-state index contributed by atoms with van der Waals surface area (Å²) in [6.45, 7) is 0. The van der Waals surface area contributed by atoms with Crippen molar-refractivity contribution in [1.29, 1.82) is 0 Å². The van der Waals surface area contributed by atoms with Gasteiger partial charge in [0, 0.05) is 6.08 Å². The van der Waals surface area contributed by atoms with Gasteiger partial charge in [-0.2, -0.15) is 0 Å². The number of hydrogen-bond acceptors (Lipinski definition) is 6. The smallest absolute Gasteiger partial charge is 0.347 e. The number of ether oxygens (including phenoxy) is 3. The van der Waals surface area contributed by atoms with E-state index in [4.69, 9.17) is 18.6 Å². The second-order valence-electron chi connectivity index (χ2n) is 5.15. The lowest BCUT2D eigenvalue weighted by Crippen LogP contribution is -2.02. The van der Waals surface area contributed by atoms with Gasteiger partial charge >= 0.3 is 5.63 Å². The standard InChI is InChI=1S/C19H17NO5/c1-22-15-10-12(11-16(23-2)18(15)24-3)8-9-17-20-14-7-5-4-6-13(14)19(21)25-17/h4-11H,1-3H3/b9-8+. The number of methoxy groups -OCH3 is 3. The van der Waals surface area contributed by atoms with Gasteiger partial charge in [-0.15, -0.1) is 0 Å². The van der Waals surface area contributed by atoms with Gasteiger partial charge in [-0.3, -0.25) is 0 Å². The maximum atomic E-state index is 12.0. The maximum Gasteiger partial charge on any atom is 0.347 e. The highest BCUT2D eigenvalue weighted by atomic mass is 16.5. The molecule has 0 unspecified atom stereocenters. The minimum absolute atomic E-state index is 0.220. The molecule has 0 amide bonds. The van der Waals surface area contributed by atoms with Crippen molar-refractivity contribution in [2.75, 3.05) is 21.3 Å². The summed E-state index contributed by atoms with van der Waals surface area (Å²) in [5.41, 5.74) is 0.950. The molecule has 0 fully saturated rings. The van der Waals surface area contributed by atoms with Crippen LogP contribution in [-0.4, -0.2) is 26.3 Å². The van der Waals surface area contributed by atoms with Crippen LogP contribution in [0.1, 0.15) is 11.5 Å². The molecule has 3 rings (SSSR count). The Bertz CT molecular complexity index is 966. The Morgan fingerprint density at radius 3 is 2.28 bits per heavy atom. The minimum Gasteiger partial charge on any atom is -0.493 e. The lowest BCUT2D eigenvalue weighted by Gasteiger charge is -2.12. The molecule has 0 spiro atoms. The van der Waals surface area contributed by atoms with Gasteiger partial charge in [0.25, 0.3) is 0 Å². The van der Waals surface area contributed by atoms with E-state index in [-0.39, 0.29) is 5.89 Å². The first-order chi connectivity index (χ1) is 12.2. The normalized spacial score (nSPS) is 11.0. The van der Waals surface area contributed by atoms with Crippen LogP contribution < -0.4 is 19.8 Å². The lowest BCUT2D eigenvalue weighted by atomic mass is 10.1. The van der Waals surface area contributed by atoms with Crippen molar-refractivity contribution in [3.05, 3.63) is 58.3 Å². The molecule has 0 atom stereocenters. The Labute approximate surface area is 144 Å². The highest BCUT2D eigenvalue weighted by Gasteiger charge is 2.12. The van der Waals surface area contributed by atoms with E-state index in [0.717, 1.165) is 5.56 Å². The second kappa shape index (κ2) is 7.09. The van der Waals surface area contributed by atoms with Crippen molar-refractivity contribution < 1.29 is 18.6 Å². The van der Waals surface area contributed by atoms with Gasteiger partial charge in [0.05, 0.1) is 32.2 Å². The van der Waals surface area contributed by atoms with Crippen LogP contribution in [0, 0.1) is 0 Å². The third kappa shape index (κ3) is 3.33. The van der Waals surface area contributed by atoms with Crippen LogP contribution in [0.4, 0.5) is 0 Å². The quantitative estimate of drug-likeness (QED) is 0.710. The molecule has 0 saturated heterocycles. The van der Waals surface area contributed by atoms with Crippen molar-refractivity contribution in [3.8, 4) is 17.2 Å². The van der Waals surface area contributed by atoms with Gasteiger partial charge in [0.15, 0.2) is 11.5 Å². The van der Waals surface area contributed by atoms with E-state index in [1.165, 1.54) is 0 Å². The summed E-state index contributed by atoms with van der Waals surface area (Å²) in [6, 6.07) is 10.6. The molecule has 0 aliphatic carbocycles. The molecular weight excluding hydrogens is 322 g/mol. The number of benzene rings is 2. The Hall–Kier alpha value is -3.28. The minimum atomic E-state index is -0.421. The fourth-order valence-corrected chi connectivity index (χ4v) is 2.47. The number of aromatic nitrogens is 1. The highest BCUT2D eigenvalue weighted by Crippen LogP contribution is 2.38. The van der Waals surface area contributed by atoms with Gasteiger partial charge < -0.3 is 18.6 Å². The second-order valence-corrected chi connectivity index (χ2v) is 5.15. The van der Waals surface area contributed by atoms with Crippen LogP contribution in [0.15, 0.2) is 45.6 Å². The molecule has 0 bridgehead atoms. The molecule has 6 nitrogen and oxygen atoms in total. The summed E-state index contributed by atoms with van der Waals surface area (Å²) in [6.07, 6.45) is 3.37. The first-order valence-corrected chi connectivity index (χ1v) is 7.54. The van der Waals surface area contributed by atoms with Gasteiger partial charge in [0.2, 0.25) is 11.6 Å². The Balaban J connectivity index is 2.01. The maximum absolute atomic E-state index is 12.0. The molecule has 2 aromatic carbocycles. The summed E-state index contributed by atoms with van der Waals surface area (Å²) in [7, 11) is 4.65. The fourth-order valence-electron chi connectivity index (χ4n) is 2.47. The van der Waals surface area contributed by atoms with Crippen molar-refractivity contribution in [2.24, 2.45) is 0 Å². The highest BCUT2D eigenvalue weighted by molar-refractivity contribution is 5.78. The van der Waals surface area contributed by atoms with Gasteiger partial charge in [-0.05, 0) is 35.9 Å². The predicted molar refractivity (Wildman–Crippen MR) is 95.3 cm³/mol. The van der Waals surface area contributed by atoms with Crippen molar-refractivity contribution in [1.82, 2.24) is 4.98 Å². The Morgan fingerprint density at radius 2 is 1.64 bits per heavy atom. The number of para-hydroxylation sites is 1. The Kier molecular flexibility index (Phi) is 4.70. The topological polar surface area (TPSA) is 70.8 Å². The summed E-state index contributed by atoms with van der Waals surface area (Å²) in [4.78, 5) is 16.3. The van der Waals surface area contributed by atoms with Gasteiger partial charge in [0.1, 0.15) is 0 Å². The molecule has 6 heteroatoms. The van der Waals surface area contributed by atoms with Gasteiger partial charge in [-0.25, -0.2) is 9.78 Å². The van der Waals surface area contributed by atoms with E-state index in [1.54, 1.807) is 63.8 Å². The molecule has 3 aromatic rings. The van der Waals surface area contributed by atoms with E-state index in [2.05, 4.69) is 4.98 Å².